The smallest absolute Gasteiger partial charge is 0.0819 e. The van der Waals surface area contributed by atoms with E-state index >= 15 is 0 Å². The standard InChI is InChI=1S/C7H16O2/c1-3-7(2)5-4-6-9-8/h7-8H,3-6H2,1-2H3/t7-/m0/s1. The topological polar surface area (TPSA) is 29.5 Å². The third-order valence-corrected chi connectivity index (χ3v) is 1.63. The van der Waals surface area contributed by atoms with E-state index in [4.69, 9.17) is 5.26 Å². The fourth-order valence-corrected chi connectivity index (χ4v) is 0.700. The maximum Gasteiger partial charge on any atom is 0.0819 e. The van der Waals surface area contributed by atoms with Crippen LogP contribution in [-0.2, 0) is 4.89 Å². The summed E-state index contributed by atoms with van der Waals surface area (Å²) in [6.45, 7) is 4.85. The fraction of sp³-hybridized carbons (Fsp3) is 1.00. The first-order chi connectivity index (χ1) is 4.31. The maximum absolute atomic E-state index is 7.95. The summed E-state index contributed by atoms with van der Waals surface area (Å²) in [4.78, 5) is 3.94. The lowest BCUT2D eigenvalue weighted by atomic mass is 10.0. The van der Waals surface area contributed by atoms with E-state index in [0.717, 1.165) is 18.8 Å². The van der Waals surface area contributed by atoms with Gasteiger partial charge in [0.2, 0.25) is 0 Å². The third kappa shape index (κ3) is 5.80. The van der Waals surface area contributed by atoms with Gasteiger partial charge in [0, 0.05) is 0 Å². The highest BCUT2D eigenvalue weighted by Crippen LogP contribution is 2.08. The molecule has 0 aromatic heterocycles. The van der Waals surface area contributed by atoms with E-state index in [0.29, 0.717) is 6.61 Å². The number of hydrogen-bond acceptors (Lipinski definition) is 2. The van der Waals surface area contributed by atoms with Crippen LogP contribution in [0.25, 0.3) is 0 Å². The average molecular weight is 132 g/mol. The molecule has 2 nitrogen and oxygen atoms in total. The summed E-state index contributed by atoms with van der Waals surface area (Å²) in [7, 11) is 0. The number of rotatable bonds is 5. The quantitative estimate of drug-likeness (QED) is 0.353. The predicted octanol–water partition coefficient (Wildman–Crippen LogP) is 2.30. The Labute approximate surface area is 56.8 Å². The third-order valence-electron chi connectivity index (χ3n) is 1.63. The zero-order valence-electron chi connectivity index (χ0n) is 6.26. The first-order valence-electron chi connectivity index (χ1n) is 3.57. The van der Waals surface area contributed by atoms with Gasteiger partial charge in [-0.05, 0) is 18.8 Å². The lowest BCUT2D eigenvalue weighted by Crippen LogP contribution is -1.95. The lowest BCUT2D eigenvalue weighted by molar-refractivity contribution is -0.243. The molecule has 0 aliphatic rings. The Morgan fingerprint density at radius 3 is 2.67 bits per heavy atom. The van der Waals surface area contributed by atoms with Crippen LogP contribution in [0.4, 0.5) is 0 Å². The summed E-state index contributed by atoms with van der Waals surface area (Å²) < 4.78 is 0. The largest absolute Gasteiger partial charge is 0.252 e. The first kappa shape index (κ1) is 8.92. The van der Waals surface area contributed by atoms with E-state index < -0.39 is 0 Å². The fourth-order valence-electron chi connectivity index (χ4n) is 0.700. The van der Waals surface area contributed by atoms with E-state index in [9.17, 15) is 0 Å². The monoisotopic (exact) mass is 132 g/mol. The van der Waals surface area contributed by atoms with Crippen LogP contribution in [0.2, 0.25) is 0 Å². The van der Waals surface area contributed by atoms with Crippen molar-refractivity contribution in [2.75, 3.05) is 6.61 Å². The molecule has 1 atom stereocenters. The highest BCUT2D eigenvalue weighted by atomic mass is 17.1. The predicted molar refractivity (Wildman–Crippen MR) is 37.3 cm³/mol. The molecule has 2 heteroatoms. The minimum atomic E-state index is 0.477. The van der Waals surface area contributed by atoms with Crippen molar-refractivity contribution in [3.05, 3.63) is 0 Å². The molecule has 1 N–H and O–H groups in total. The zero-order chi connectivity index (χ0) is 7.11. The molecule has 0 heterocycles. The van der Waals surface area contributed by atoms with Crippen LogP contribution in [-0.4, -0.2) is 11.9 Å². The van der Waals surface area contributed by atoms with Gasteiger partial charge >= 0.3 is 0 Å². The van der Waals surface area contributed by atoms with Gasteiger partial charge in [0.05, 0.1) is 6.61 Å². The SMILES string of the molecule is CC[C@H](C)CCCOO. The number of hydrogen-bond donors (Lipinski definition) is 1. The first-order valence-corrected chi connectivity index (χ1v) is 3.57. The summed E-state index contributed by atoms with van der Waals surface area (Å²) in [6, 6.07) is 0. The van der Waals surface area contributed by atoms with Crippen molar-refractivity contribution in [3.63, 3.8) is 0 Å². The molecule has 56 valence electrons. The molecule has 0 saturated carbocycles. The molecule has 0 spiro atoms. The zero-order valence-corrected chi connectivity index (χ0v) is 6.26. The van der Waals surface area contributed by atoms with Gasteiger partial charge in [-0.1, -0.05) is 20.3 Å². The van der Waals surface area contributed by atoms with Crippen LogP contribution in [0.3, 0.4) is 0 Å². The molecule has 0 fully saturated rings. The maximum atomic E-state index is 7.95. The van der Waals surface area contributed by atoms with Crippen molar-refractivity contribution >= 4 is 0 Å². The normalized spacial score (nSPS) is 13.7. The molecule has 0 aromatic carbocycles. The second kappa shape index (κ2) is 6.05. The van der Waals surface area contributed by atoms with Gasteiger partial charge in [-0.15, -0.1) is 0 Å². The summed E-state index contributed by atoms with van der Waals surface area (Å²) in [5.74, 6) is 0.764. The Morgan fingerprint density at radius 2 is 2.22 bits per heavy atom. The Morgan fingerprint density at radius 1 is 1.56 bits per heavy atom. The van der Waals surface area contributed by atoms with Crippen LogP contribution >= 0.6 is 0 Å². The molecular formula is C7H16O2. The van der Waals surface area contributed by atoms with Crippen molar-refractivity contribution in [2.24, 2.45) is 5.92 Å². The molecule has 0 aliphatic carbocycles. The minimum Gasteiger partial charge on any atom is -0.252 e. The molecule has 0 bridgehead atoms. The molecule has 0 saturated heterocycles. The second-order valence-electron chi connectivity index (χ2n) is 2.49. The van der Waals surface area contributed by atoms with Gasteiger partial charge in [0.25, 0.3) is 0 Å². The van der Waals surface area contributed by atoms with E-state index in [1.165, 1.54) is 6.42 Å². The van der Waals surface area contributed by atoms with Gasteiger partial charge in [0.1, 0.15) is 0 Å². The summed E-state index contributed by atoms with van der Waals surface area (Å²) in [6.07, 6.45) is 3.33. The van der Waals surface area contributed by atoms with Crippen LogP contribution in [0.15, 0.2) is 0 Å². The lowest BCUT2D eigenvalue weighted by Gasteiger charge is -2.05. The van der Waals surface area contributed by atoms with Crippen LogP contribution in [0.5, 0.6) is 0 Å². The molecule has 0 aromatic rings. The molecular weight excluding hydrogens is 116 g/mol. The summed E-state index contributed by atoms with van der Waals surface area (Å²) in [5, 5.41) is 7.95. The van der Waals surface area contributed by atoms with E-state index in [1.54, 1.807) is 0 Å². The van der Waals surface area contributed by atoms with Crippen molar-refractivity contribution in [1.29, 1.82) is 0 Å². The van der Waals surface area contributed by atoms with Gasteiger partial charge in [0.15, 0.2) is 0 Å². The summed E-state index contributed by atoms with van der Waals surface area (Å²) >= 11 is 0. The van der Waals surface area contributed by atoms with E-state index in [2.05, 4.69) is 18.7 Å². The van der Waals surface area contributed by atoms with Gasteiger partial charge in [-0.2, -0.15) is 0 Å². The Hall–Kier alpha value is -0.0800. The van der Waals surface area contributed by atoms with Crippen molar-refractivity contribution < 1.29 is 10.1 Å². The highest BCUT2D eigenvalue weighted by molar-refractivity contribution is 4.48. The van der Waals surface area contributed by atoms with Crippen LogP contribution in [0, 0.1) is 5.92 Å². The van der Waals surface area contributed by atoms with E-state index in [1.807, 2.05) is 0 Å². The average Bonchev–Trinajstić information content (AvgIpc) is 1.89. The molecule has 9 heavy (non-hydrogen) atoms. The summed E-state index contributed by atoms with van der Waals surface area (Å²) in [5.41, 5.74) is 0. The van der Waals surface area contributed by atoms with Crippen molar-refractivity contribution in [1.82, 2.24) is 0 Å². The van der Waals surface area contributed by atoms with Gasteiger partial charge in [-0.3, -0.25) is 5.26 Å². The molecule has 0 unspecified atom stereocenters. The Kier molecular flexibility index (Phi) is 5.99. The van der Waals surface area contributed by atoms with Crippen molar-refractivity contribution in [2.45, 2.75) is 33.1 Å². The van der Waals surface area contributed by atoms with Crippen LogP contribution in [0.1, 0.15) is 33.1 Å². The molecule has 0 radical (unpaired) electrons. The van der Waals surface area contributed by atoms with E-state index in [-0.39, 0.29) is 0 Å². The molecule has 0 aliphatic heterocycles. The van der Waals surface area contributed by atoms with Crippen molar-refractivity contribution in [3.8, 4) is 0 Å². The molecule has 0 amide bonds. The van der Waals surface area contributed by atoms with Gasteiger partial charge < -0.3 is 0 Å². The highest BCUT2D eigenvalue weighted by Gasteiger charge is 1.96. The Bertz CT molecular complexity index is 54.9. The Balaban J connectivity index is 2.88. The minimum absolute atomic E-state index is 0.477. The second-order valence-corrected chi connectivity index (χ2v) is 2.49. The molecule has 0 rings (SSSR count). The van der Waals surface area contributed by atoms with Gasteiger partial charge in [-0.25, -0.2) is 4.89 Å². The van der Waals surface area contributed by atoms with Crippen LogP contribution < -0.4 is 0 Å².